The van der Waals surface area contributed by atoms with Gasteiger partial charge < -0.3 is 10.5 Å². The summed E-state index contributed by atoms with van der Waals surface area (Å²) in [6.07, 6.45) is 3.97. The van der Waals surface area contributed by atoms with Gasteiger partial charge in [-0.1, -0.05) is 25.0 Å². The van der Waals surface area contributed by atoms with E-state index in [-0.39, 0.29) is 5.54 Å². The Morgan fingerprint density at radius 1 is 1.42 bits per heavy atom. The summed E-state index contributed by atoms with van der Waals surface area (Å²) in [4.78, 5) is 2.39. The van der Waals surface area contributed by atoms with Crippen molar-refractivity contribution in [3.63, 3.8) is 0 Å². The number of rotatable bonds is 7. The molecule has 0 amide bonds. The molecule has 1 aliphatic rings. The highest BCUT2D eigenvalue weighted by molar-refractivity contribution is 5.28. The van der Waals surface area contributed by atoms with Gasteiger partial charge in [0.2, 0.25) is 0 Å². The maximum atomic E-state index is 6.03. The van der Waals surface area contributed by atoms with Gasteiger partial charge in [0.1, 0.15) is 5.75 Å². The van der Waals surface area contributed by atoms with Crippen LogP contribution in [0, 0.1) is 5.92 Å². The van der Waals surface area contributed by atoms with E-state index in [4.69, 9.17) is 10.5 Å². The van der Waals surface area contributed by atoms with Gasteiger partial charge in [0, 0.05) is 18.6 Å². The van der Waals surface area contributed by atoms with Crippen LogP contribution in [0.5, 0.6) is 5.75 Å². The summed E-state index contributed by atoms with van der Waals surface area (Å²) in [7, 11) is 3.88. The fourth-order valence-corrected chi connectivity index (χ4v) is 2.57. The average molecular weight is 262 g/mol. The van der Waals surface area contributed by atoms with Crippen LogP contribution < -0.4 is 10.5 Å². The number of ether oxygens (including phenoxy) is 1. The van der Waals surface area contributed by atoms with Crippen LogP contribution in [0.15, 0.2) is 24.3 Å². The van der Waals surface area contributed by atoms with E-state index < -0.39 is 0 Å². The first-order valence-electron chi connectivity index (χ1n) is 7.11. The second-order valence-electron chi connectivity index (χ2n) is 6.06. The van der Waals surface area contributed by atoms with Gasteiger partial charge in [-0.05, 0) is 44.0 Å². The number of benzene rings is 1. The van der Waals surface area contributed by atoms with Crippen molar-refractivity contribution in [1.82, 2.24) is 4.90 Å². The van der Waals surface area contributed by atoms with Crippen molar-refractivity contribution in [2.75, 3.05) is 20.7 Å². The third kappa shape index (κ3) is 3.71. The molecule has 3 nitrogen and oxygen atoms in total. The Kier molecular flexibility index (Phi) is 4.48. The van der Waals surface area contributed by atoms with Crippen molar-refractivity contribution in [2.45, 2.75) is 38.3 Å². The average Bonchev–Trinajstić information content (AvgIpc) is 3.22. The van der Waals surface area contributed by atoms with Gasteiger partial charge in [0.15, 0.2) is 0 Å². The smallest absolute Gasteiger partial charge is 0.119 e. The van der Waals surface area contributed by atoms with E-state index in [0.717, 1.165) is 18.2 Å². The van der Waals surface area contributed by atoms with Crippen LogP contribution in [-0.4, -0.2) is 31.1 Å². The number of hydrogen-bond acceptors (Lipinski definition) is 3. The lowest BCUT2D eigenvalue weighted by Gasteiger charge is -2.38. The summed E-state index contributed by atoms with van der Waals surface area (Å²) in [5.74, 6) is 1.81. The van der Waals surface area contributed by atoms with Gasteiger partial charge >= 0.3 is 0 Å². The molecule has 0 spiro atoms. The Labute approximate surface area is 116 Å². The third-order valence-electron chi connectivity index (χ3n) is 4.34. The molecule has 1 unspecified atom stereocenters. The van der Waals surface area contributed by atoms with Crippen molar-refractivity contribution >= 4 is 0 Å². The molecule has 1 aromatic carbocycles. The monoisotopic (exact) mass is 262 g/mol. The van der Waals surface area contributed by atoms with Crippen LogP contribution >= 0.6 is 0 Å². The molecule has 106 valence electrons. The van der Waals surface area contributed by atoms with Crippen molar-refractivity contribution in [3.8, 4) is 5.75 Å². The van der Waals surface area contributed by atoms with E-state index in [1.807, 2.05) is 12.1 Å². The van der Waals surface area contributed by atoms with Crippen molar-refractivity contribution in [1.29, 1.82) is 0 Å². The minimum Gasteiger partial charge on any atom is -0.497 e. The first-order valence-corrected chi connectivity index (χ1v) is 7.11. The first-order chi connectivity index (χ1) is 9.07. The largest absolute Gasteiger partial charge is 0.497 e. The molecule has 1 fully saturated rings. The van der Waals surface area contributed by atoms with E-state index in [2.05, 4.69) is 31.0 Å². The molecular weight excluding hydrogens is 236 g/mol. The number of nitrogens with two attached hydrogens (primary N) is 1. The maximum Gasteiger partial charge on any atom is 0.119 e. The van der Waals surface area contributed by atoms with Gasteiger partial charge in [-0.15, -0.1) is 0 Å². The lowest BCUT2D eigenvalue weighted by molar-refractivity contribution is 0.119. The van der Waals surface area contributed by atoms with Gasteiger partial charge in [-0.3, -0.25) is 4.90 Å². The summed E-state index contributed by atoms with van der Waals surface area (Å²) >= 11 is 0. The molecule has 1 saturated carbocycles. The van der Waals surface area contributed by atoms with E-state index in [1.165, 1.54) is 24.8 Å². The lowest BCUT2D eigenvalue weighted by Crippen LogP contribution is -2.49. The van der Waals surface area contributed by atoms with Crippen LogP contribution in [0.1, 0.15) is 31.7 Å². The fourth-order valence-electron chi connectivity index (χ4n) is 2.57. The molecule has 19 heavy (non-hydrogen) atoms. The SMILES string of the molecule is COc1cccc(CN(C)C(C)(CN)CC2CC2)c1. The molecule has 0 saturated heterocycles. The van der Waals surface area contributed by atoms with Crippen LogP contribution in [0.4, 0.5) is 0 Å². The molecule has 2 rings (SSSR count). The number of methoxy groups -OCH3 is 1. The topological polar surface area (TPSA) is 38.5 Å². The zero-order valence-electron chi connectivity index (χ0n) is 12.4. The molecule has 1 atom stereocenters. The molecule has 1 aromatic rings. The highest BCUT2D eigenvalue weighted by atomic mass is 16.5. The van der Waals surface area contributed by atoms with Crippen LogP contribution in [0.2, 0.25) is 0 Å². The summed E-state index contributed by atoms with van der Waals surface area (Å²) in [5, 5.41) is 0. The standard InChI is InChI=1S/C16H26N2O/c1-16(12-17,10-13-7-8-13)18(2)11-14-5-4-6-15(9-14)19-3/h4-6,9,13H,7-8,10-12,17H2,1-3H3. The number of likely N-dealkylation sites (N-methyl/N-ethyl adjacent to an activating group) is 1. The maximum absolute atomic E-state index is 6.03. The molecule has 3 heteroatoms. The number of nitrogens with zero attached hydrogens (tertiary/aromatic N) is 1. The molecule has 0 radical (unpaired) electrons. The van der Waals surface area contributed by atoms with E-state index in [9.17, 15) is 0 Å². The minimum absolute atomic E-state index is 0.101. The minimum atomic E-state index is 0.101. The zero-order chi connectivity index (χ0) is 13.9. The van der Waals surface area contributed by atoms with Crippen molar-refractivity contribution in [3.05, 3.63) is 29.8 Å². The Hall–Kier alpha value is -1.06. The van der Waals surface area contributed by atoms with E-state index in [1.54, 1.807) is 7.11 Å². The Morgan fingerprint density at radius 3 is 2.74 bits per heavy atom. The van der Waals surface area contributed by atoms with E-state index in [0.29, 0.717) is 6.54 Å². The van der Waals surface area contributed by atoms with Crippen molar-refractivity contribution in [2.24, 2.45) is 11.7 Å². The molecule has 0 aliphatic heterocycles. The highest BCUT2D eigenvalue weighted by Gasteiger charge is 2.35. The fraction of sp³-hybridized carbons (Fsp3) is 0.625. The molecular formula is C16H26N2O. The molecule has 1 aliphatic carbocycles. The molecule has 0 bridgehead atoms. The third-order valence-corrected chi connectivity index (χ3v) is 4.34. The highest BCUT2D eigenvalue weighted by Crippen LogP contribution is 2.38. The second kappa shape index (κ2) is 5.93. The summed E-state index contributed by atoms with van der Waals surface area (Å²) in [6, 6.07) is 8.27. The van der Waals surface area contributed by atoms with Gasteiger partial charge in [0.25, 0.3) is 0 Å². The Morgan fingerprint density at radius 2 is 2.16 bits per heavy atom. The molecule has 2 N–H and O–H groups in total. The summed E-state index contributed by atoms with van der Waals surface area (Å²) < 4.78 is 5.28. The lowest BCUT2D eigenvalue weighted by atomic mass is 9.92. The first kappa shape index (κ1) is 14.4. The van der Waals surface area contributed by atoms with Crippen LogP contribution in [0.3, 0.4) is 0 Å². The van der Waals surface area contributed by atoms with Crippen molar-refractivity contribution < 1.29 is 4.74 Å². The molecule has 0 heterocycles. The predicted molar refractivity (Wildman–Crippen MR) is 79.3 cm³/mol. The second-order valence-corrected chi connectivity index (χ2v) is 6.06. The van der Waals surface area contributed by atoms with E-state index >= 15 is 0 Å². The quantitative estimate of drug-likeness (QED) is 0.821. The van der Waals surface area contributed by atoms with Crippen LogP contribution in [0.25, 0.3) is 0 Å². The predicted octanol–water partition coefficient (Wildman–Crippen LogP) is 2.64. The van der Waals surface area contributed by atoms with Gasteiger partial charge in [0.05, 0.1) is 7.11 Å². The number of hydrogen-bond donors (Lipinski definition) is 1. The van der Waals surface area contributed by atoms with Crippen LogP contribution in [-0.2, 0) is 6.54 Å². The molecule has 0 aromatic heterocycles. The van der Waals surface area contributed by atoms with Gasteiger partial charge in [-0.25, -0.2) is 0 Å². The zero-order valence-corrected chi connectivity index (χ0v) is 12.4. The summed E-state index contributed by atoms with van der Waals surface area (Å²) in [6.45, 7) is 3.91. The summed E-state index contributed by atoms with van der Waals surface area (Å²) in [5.41, 5.74) is 7.40. The normalized spacial score (nSPS) is 18.4. The Balaban J connectivity index is 2.02. The Bertz CT molecular complexity index is 417. The van der Waals surface area contributed by atoms with Gasteiger partial charge in [-0.2, -0.15) is 0 Å².